The van der Waals surface area contributed by atoms with Gasteiger partial charge in [-0.2, -0.15) is 0 Å². The van der Waals surface area contributed by atoms with Gasteiger partial charge in [0.05, 0.1) is 19.2 Å². The number of ketones is 1. The number of aliphatic hydroxyl groups excluding tert-OH is 2. The van der Waals surface area contributed by atoms with Gasteiger partial charge < -0.3 is 20.3 Å². The van der Waals surface area contributed by atoms with Crippen LogP contribution in [0.15, 0.2) is 54.4 Å². The molecule has 2 aromatic carbocycles. The second kappa shape index (κ2) is 12.0. The van der Waals surface area contributed by atoms with Crippen LogP contribution >= 0.6 is 11.6 Å². The first-order valence-corrected chi connectivity index (χ1v) is 11.6. The molecule has 1 heterocycles. The highest BCUT2D eigenvalue weighted by Crippen LogP contribution is 2.27. The zero-order valence-corrected chi connectivity index (χ0v) is 20.3. The van der Waals surface area contributed by atoms with E-state index in [1.807, 2.05) is 0 Å². The van der Waals surface area contributed by atoms with Gasteiger partial charge in [-0.15, -0.1) is 0 Å². The van der Waals surface area contributed by atoms with Crippen molar-refractivity contribution < 1.29 is 28.9 Å². The summed E-state index contributed by atoms with van der Waals surface area (Å²) in [6, 6.07) is 10.6. The zero-order chi connectivity index (χ0) is 25.5. The molecule has 0 aromatic heterocycles. The normalized spacial score (nSPS) is 15.9. The predicted molar refractivity (Wildman–Crippen MR) is 130 cm³/mol. The van der Waals surface area contributed by atoms with Crippen LogP contribution in [-0.2, 0) is 11.3 Å². The largest absolute Gasteiger partial charge is 0.488 e. The fraction of sp³-hybridized carbons (Fsp3) is 0.360. The first-order valence-electron chi connectivity index (χ1n) is 11.3. The number of anilines is 1. The minimum absolute atomic E-state index is 0.0864. The van der Waals surface area contributed by atoms with Crippen molar-refractivity contribution in [3.8, 4) is 5.75 Å². The molecule has 8 nitrogen and oxygen atoms in total. The van der Waals surface area contributed by atoms with E-state index in [0.717, 1.165) is 10.5 Å². The maximum atomic E-state index is 14.5. The molecule has 3 N–H and O–H groups in total. The molecule has 1 atom stereocenters. The summed E-state index contributed by atoms with van der Waals surface area (Å²) in [6.07, 6.45) is 0.169. The Morgan fingerprint density at radius 1 is 1.23 bits per heavy atom. The number of hydrogen-bond acceptors (Lipinski definition) is 6. The number of nitrogens with zero attached hydrogens (tertiary/aromatic N) is 2. The minimum atomic E-state index is -1.38. The number of benzene rings is 2. The molecule has 0 radical (unpaired) electrons. The average molecular weight is 506 g/mol. The van der Waals surface area contributed by atoms with Gasteiger partial charge in [-0.05, 0) is 50.1 Å². The molecule has 3 rings (SSSR count). The third kappa shape index (κ3) is 7.17. The van der Waals surface area contributed by atoms with Crippen LogP contribution in [0.2, 0.25) is 5.02 Å². The smallest absolute Gasteiger partial charge is 0.328 e. The lowest BCUT2D eigenvalue weighted by molar-refractivity contribution is -0.121. The average Bonchev–Trinajstić information content (AvgIpc) is 2.80. The van der Waals surface area contributed by atoms with E-state index in [1.165, 1.54) is 23.1 Å². The Morgan fingerprint density at radius 2 is 1.94 bits per heavy atom. The van der Waals surface area contributed by atoms with E-state index in [-0.39, 0.29) is 56.0 Å². The van der Waals surface area contributed by atoms with E-state index in [0.29, 0.717) is 10.7 Å². The highest BCUT2D eigenvalue weighted by Gasteiger charge is 2.34. The quantitative estimate of drug-likeness (QED) is 0.424. The van der Waals surface area contributed by atoms with Gasteiger partial charge >= 0.3 is 6.03 Å². The number of carbonyl (C=O) groups is 2. The predicted octanol–water partition coefficient (Wildman–Crippen LogP) is 4.12. The number of amides is 2. The molecule has 2 aromatic rings. The molecule has 1 unspecified atom stereocenters. The number of urea groups is 1. The fourth-order valence-corrected chi connectivity index (χ4v) is 3.64. The van der Waals surface area contributed by atoms with E-state index < -0.39 is 18.1 Å². The summed E-state index contributed by atoms with van der Waals surface area (Å²) in [6.45, 7) is 3.24. The van der Waals surface area contributed by atoms with Crippen LogP contribution in [0.4, 0.5) is 14.9 Å². The molecule has 1 aliphatic rings. The summed E-state index contributed by atoms with van der Waals surface area (Å²) in [5.74, 6) is -0.531. The topological polar surface area (TPSA) is 102 Å². The monoisotopic (exact) mass is 505 g/mol. The third-order valence-electron chi connectivity index (χ3n) is 5.17. The number of carbonyl (C=O) groups excluding carboxylic acids is 2. The Hall–Kier alpha value is -3.14. The lowest BCUT2D eigenvalue weighted by atomic mass is 10.1. The van der Waals surface area contributed by atoms with E-state index in [4.69, 9.17) is 21.4 Å². The van der Waals surface area contributed by atoms with Crippen LogP contribution in [0.5, 0.6) is 5.75 Å². The SMILES string of the molecule is CC(C)Oc1ccc(NC2=CC(O)N(CC(=O)CCCO)C(=O)N2Cc2ccc(Cl)cc2)cc1F. The molecule has 0 fully saturated rings. The molecule has 0 saturated carbocycles. The molecule has 10 heteroatoms. The van der Waals surface area contributed by atoms with Gasteiger partial charge in [-0.25, -0.2) is 9.18 Å². The van der Waals surface area contributed by atoms with Gasteiger partial charge in [0.1, 0.15) is 5.82 Å². The number of hydrogen-bond donors (Lipinski definition) is 3. The number of halogens is 2. The maximum absolute atomic E-state index is 14.5. The van der Waals surface area contributed by atoms with E-state index in [1.54, 1.807) is 44.2 Å². The molecule has 0 saturated heterocycles. The Balaban J connectivity index is 1.88. The van der Waals surface area contributed by atoms with Gasteiger partial charge in [-0.3, -0.25) is 14.6 Å². The van der Waals surface area contributed by atoms with Crippen LogP contribution in [0.3, 0.4) is 0 Å². The molecule has 0 aliphatic carbocycles. The van der Waals surface area contributed by atoms with Gasteiger partial charge in [0, 0.05) is 35.9 Å². The Kier molecular flexibility index (Phi) is 9.08. The van der Waals surface area contributed by atoms with E-state index in [2.05, 4.69) is 5.32 Å². The van der Waals surface area contributed by atoms with E-state index in [9.17, 15) is 19.1 Å². The summed E-state index contributed by atoms with van der Waals surface area (Å²) in [4.78, 5) is 28.0. The first kappa shape index (κ1) is 26.5. The number of aliphatic hydroxyl groups is 2. The molecule has 0 spiro atoms. The standard InChI is InChI=1S/C25H29ClFN3O5/c1-16(2)35-22-10-9-19(12-21(22)27)28-23-13-24(33)30(15-20(32)4-3-11-31)25(34)29(23)14-17-5-7-18(26)8-6-17/h5-10,12-13,16,24,28,31,33H,3-4,11,14-15H2,1-2H3. The minimum Gasteiger partial charge on any atom is -0.488 e. The van der Waals surface area contributed by atoms with Crippen LogP contribution in [0.25, 0.3) is 0 Å². The maximum Gasteiger partial charge on any atom is 0.328 e. The van der Waals surface area contributed by atoms with Crippen molar-refractivity contribution in [3.63, 3.8) is 0 Å². The Morgan fingerprint density at radius 3 is 2.57 bits per heavy atom. The highest BCUT2D eigenvalue weighted by atomic mass is 35.5. The van der Waals surface area contributed by atoms with Crippen molar-refractivity contribution in [1.82, 2.24) is 9.80 Å². The zero-order valence-electron chi connectivity index (χ0n) is 19.6. The van der Waals surface area contributed by atoms with Gasteiger partial charge in [-0.1, -0.05) is 23.7 Å². The molecule has 1 aliphatic heterocycles. The van der Waals surface area contributed by atoms with Gasteiger partial charge in [0.15, 0.2) is 23.6 Å². The van der Waals surface area contributed by atoms with Crippen molar-refractivity contribution in [2.45, 2.75) is 45.6 Å². The fourth-order valence-electron chi connectivity index (χ4n) is 3.51. The van der Waals surface area contributed by atoms with Crippen molar-refractivity contribution in [2.24, 2.45) is 0 Å². The van der Waals surface area contributed by atoms with Gasteiger partial charge in [0.25, 0.3) is 0 Å². The van der Waals surface area contributed by atoms with Crippen LogP contribution in [0, 0.1) is 5.82 Å². The highest BCUT2D eigenvalue weighted by molar-refractivity contribution is 6.30. The lowest BCUT2D eigenvalue weighted by Crippen LogP contribution is -2.53. The van der Waals surface area contributed by atoms with Crippen LogP contribution in [0.1, 0.15) is 32.3 Å². The summed E-state index contributed by atoms with van der Waals surface area (Å²) in [5.41, 5.74) is 1.10. The Bertz CT molecular complexity index is 1080. The summed E-state index contributed by atoms with van der Waals surface area (Å²) < 4.78 is 19.9. The lowest BCUT2D eigenvalue weighted by Gasteiger charge is -2.38. The van der Waals surface area contributed by atoms with Crippen LogP contribution in [-0.4, -0.2) is 57.3 Å². The molecule has 0 bridgehead atoms. The second-order valence-electron chi connectivity index (χ2n) is 8.39. The number of rotatable bonds is 11. The number of ether oxygens (including phenoxy) is 1. The number of Topliss-reactive ketones (excluding diaryl/α,β-unsaturated/α-hetero) is 1. The molecule has 35 heavy (non-hydrogen) atoms. The van der Waals surface area contributed by atoms with Gasteiger partial charge in [0.2, 0.25) is 0 Å². The van der Waals surface area contributed by atoms with Crippen molar-refractivity contribution in [2.75, 3.05) is 18.5 Å². The molecule has 2 amide bonds. The molecular weight excluding hydrogens is 477 g/mol. The first-order chi connectivity index (χ1) is 16.7. The van der Waals surface area contributed by atoms with Crippen LogP contribution < -0.4 is 10.1 Å². The van der Waals surface area contributed by atoms with Crippen molar-refractivity contribution >= 4 is 29.1 Å². The summed E-state index contributed by atoms with van der Waals surface area (Å²) >= 11 is 5.97. The summed E-state index contributed by atoms with van der Waals surface area (Å²) in [7, 11) is 0. The molecule has 188 valence electrons. The number of nitrogens with one attached hydrogen (secondary N) is 1. The van der Waals surface area contributed by atoms with E-state index >= 15 is 0 Å². The third-order valence-corrected chi connectivity index (χ3v) is 5.43. The van der Waals surface area contributed by atoms with Crippen molar-refractivity contribution in [3.05, 3.63) is 70.8 Å². The summed E-state index contributed by atoms with van der Waals surface area (Å²) in [5, 5.41) is 23.1. The Labute approximate surface area is 208 Å². The molecular formula is C25H29ClFN3O5. The second-order valence-corrected chi connectivity index (χ2v) is 8.83. The van der Waals surface area contributed by atoms with Crippen molar-refractivity contribution in [1.29, 1.82) is 0 Å².